The maximum atomic E-state index is 5.07. The van der Waals surface area contributed by atoms with Gasteiger partial charge in [-0.15, -0.1) is 0 Å². The van der Waals surface area contributed by atoms with Crippen molar-refractivity contribution in [3.8, 4) is 0 Å². The van der Waals surface area contributed by atoms with Crippen molar-refractivity contribution in [1.29, 1.82) is 0 Å². The summed E-state index contributed by atoms with van der Waals surface area (Å²) in [6.07, 6.45) is 5.14. The molecular formula is C9H13N3O. The van der Waals surface area contributed by atoms with E-state index in [2.05, 4.69) is 15.5 Å². The Morgan fingerprint density at radius 2 is 2.15 bits per heavy atom. The Hall–Kier alpha value is -1.06. The number of hydrogen-bond acceptors (Lipinski definition) is 4. The molecule has 3 rings (SSSR count). The van der Waals surface area contributed by atoms with Crippen molar-refractivity contribution in [3.63, 3.8) is 0 Å². The van der Waals surface area contributed by atoms with E-state index in [0.29, 0.717) is 11.9 Å². The van der Waals surface area contributed by atoms with E-state index in [0.717, 1.165) is 18.3 Å². The van der Waals surface area contributed by atoms with Gasteiger partial charge in [0.2, 0.25) is 0 Å². The lowest BCUT2D eigenvalue weighted by Gasteiger charge is -1.95. The van der Waals surface area contributed by atoms with E-state index in [4.69, 9.17) is 4.52 Å². The van der Waals surface area contributed by atoms with E-state index >= 15 is 0 Å². The van der Waals surface area contributed by atoms with E-state index in [9.17, 15) is 0 Å². The quantitative estimate of drug-likeness (QED) is 0.765. The van der Waals surface area contributed by atoms with Crippen molar-refractivity contribution in [2.24, 2.45) is 5.92 Å². The Balaban J connectivity index is 1.59. The van der Waals surface area contributed by atoms with Gasteiger partial charge in [0.1, 0.15) is 0 Å². The molecule has 70 valence electrons. The van der Waals surface area contributed by atoms with Crippen LogP contribution in [0.5, 0.6) is 0 Å². The van der Waals surface area contributed by atoms with Crippen LogP contribution in [0.4, 0.5) is 6.01 Å². The number of aromatic nitrogens is 2. The van der Waals surface area contributed by atoms with Crippen LogP contribution in [0.3, 0.4) is 0 Å². The summed E-state index contributed by atoms with van der Waals surface area (Å²) in [7, 11) is 0. The fourth-order valence-corrected chi connectivity index (χ4v) is 1.37. The van der Waals surface area contributed by atoms with Crippen molar-refractivity contribution >= 4 is 6.01 Å². The lowest BCUT2D eigenvalue weighted by Crippen LogP contribution is -2.03. The van der Waals surface area contributed by atoms with Gasteiger partial charge >= 0.3 is 6.01 Å². The molecule has 2 fully saturated rings. The molecule has 0 spiro atoms. The van der Waals surface area contributed by atoms with E-state index in [1.54, 1.807) is 0 Å². The van der Waals surface area contributed by atoms with E-state index in [1.807, 2.05) is 0 Å². The highest BCUT2D eigenvalue weighted by Crippen LogP contribution is 2.38. The minimum absolute atomic E-state index is 0.584. The van der Waals surface area contributed by atoms with Gasteiger partial charge in [0.25, 0.3) is 0 Å². The Morgan fingerprint density at radius 3 is 2.85 bits per heavy atom. The highest BCUT2D eigenvalue weighted by molar-refractivity contribution is 5.21. The van der Waals surface area contributed by atoms with Gasteiger partial charge in [0.05, 0.1) is 0 Å². The molecule has 2 aliphatic rings. The molecular weight excluding hydrogens is 166 g/mol. The summed E-state index contributed by atoms with van der Waals surface area (Å²) in [5.74, 6) is 2.31. The third-order valence-electron chi connectivity index (χ3n) is 2.62. The summed E-state index contributed by atoms with van der Waals surface area (Å²) in [5.41, 5.74) is 0. The van der Waals surface area contributed by atoms with Crippen LogP contribution in [-0.2, 0) is 0 Å². The molecule has 0 bridgehead atoms. The highest BCUT2D eigenvalue weighted by atomic mass is 16.5. The molecule has 4 heteroatoms. The smallest absolute Gasteiger partial charge is 0.321 e. The van der Waals surface area contributed by atoms with Crippen molar-refractivity contribution in [1.82, 2.24) is 10.1 Å². The van der Waals surface area contributed by atoms with Gasteiger partial charge in [0, 0.05) is 12.5 Å². The topological polar surface area (TPSA) is 51.0 Å². The van der Waals surface area contributed by atoms with Gasteiger partial charge in [-0.05, 0) is 31.6 Å². The number of rotatable bonds is 4. The van der Waals surface area contributed by atoms with Crippen LogP contribution < -0.4 is 5.32 Å². The van der Waals surface area contributed by atoms with Crippen molar-refractivity contribution in [2.45, 2.75) is 31.6 Å². The molecule has 0 atom stereocenters. The van der Waals surface area contributed by atoms with Gasteiger partial charge in [-0.1, -0.05) is 5.16 Å². The highest BCUT2D eigenvalue weighted by Gasteiger charge is 2.29. The summed E-state index contributed by atoms with van der Waals surface area (Å²) in [5, 5.41) is 7.10. The molecule has 1 N–H and O–H groups in total. The first-order chi connectivity index (χ1) is 6.42. The Labute approximate surface area is 76.7 Å². The van der Waals surface area contributed by atoms with E-state index in [-0.39, 0.29) is 0 Å². The lowest BCUT2D eigenvalue weighted by molar-refractivity contribution is 0.422. The predicted octanol–water partition coefficient (Wildman–Crippen LogP) is 1.77. The zero-order chi connectivity index (χ0) is 8.67. The van der Waals surface area contributed by atoms with Crippen LogP contribution in [0, 0.1) is 5.92 Å². The normalized spacial score (nSPS) is 21.8. The average molecular weight is 179 g/mol. The Morgan fingerprint density at radius 1 is 1.31 bits per heavy atom. The number of nitrogens with zero attached hydrogens (tertiary/aromatic N) is 2. The first-order valence-corrected chi connectivity index (χ1v) is 4.99. The predicted molar refractivity (Wildman–Crippen MR) is 47.5 cm³/mol. The maximum absolute atomic E-state index is 5.07. The van der Waals surface area contributed by atoms with Gasteiger partial charge < -0.3 is 9.84 Å². The molecule has 1 aromatic rings. The zero-order valence-corrected chi connectivity index (χ0v) is 7.49. The monoisotopic (exact) mass is 179 g/mol. The van der Waals surface area contributed by atoms with Crippen LogP contribution in [0.25, 0.3) is 0 Å². The first kappa shape index (κ1) is 7.35. The summed E-state index contributed by atoms with van der Waals surface area (Å²) in [6.45, 7) is 0.992. The molecule has 0 amide bonds. The Kier molecular flexibility index (Phi) is 1.54. The number of hydrogen-bond donors (Lipinski definition) is 1. The van der Waals surface area contributed by atoms with Crippen LogP contribution in [-0.4, -0.2) is 16.7 Å². The zero-order valence-electron chi connectivity index (χ0n) is 7.49. The summed E-state index contributed by atoms with van der Waals surface area (Å²) in [6, 6.07) is 0.605. The van der Waals surface area contributed by atoms with Crippen LogP contribution >= 0.6 is 0 Å². The minimum atomic E-state index is 0.584. The lowest BCUT2D eigenvalue weighted by atomic mass is 10.4. The second kappa shape index (κ2) is 2.72. The molecule has 1 heterocycles. The maximum Gasteiger partial charge on any atom is 0.321 e. The number of nitrogens with one attached hydrogen (secondary N) is 1. The summed E-state index contributed by atoms with van der Waals surface area (Å²) in [4.78, 5) is 4.28. The van der Waals surface area contributed by atoms with E-state index in [1.165, 1.54) is 25.7 Å². The third kappa shape index (κ3) is 1.66. The second-order valence-corrected chi connectivity index (χ2v) is 4.06. The first-order valence-electron chi connectivity index (χ1n) is 4.99. The largest absolute Gasteiger partial charge is 0.337 e. The third-order valence-corrected chi connectivity index (χ3v) is 2.62. The molecule has 0 aliphatic heterocycles. The molecule has 0 aromatic carbocycles. The van der Waals surface area contributed by atoms with Crippen LogP contribution in [0.1, 0.15) is 37.4 Å². The number of anilines is 1. The second-order valence-electron chi connectivity index (χ2n) is 4.06. The molecule has 0 radical (unpaired) electrons. The minimum Gasteiger partial charge on any atom is -0.337 e. The van der Waals surface area contributed by atoms with Crippen molar-refractivity contribution in [3.05, 3.63) is 5.82 Å². The van der Waals surface area contributed by atoms with Gasteiger partial charge in [0.15, 0.2) is 5.82 Å². The van der Waals surface area contributed by atoms with Crippen molar-refractivity contribution in [2.75, 3.05) is 11.9 Å². The van der Waals surface area contributed by atoms with Gasteiger partial charge in [-0.25, -0.2) is 0 Å². The standard InChI is InChI=1S/C9H13N3O/c1-2-6(1)5-10-9-11-8(12-13-9)7-3-4-7/h6-7H,1-5H2,(H,10,11,12). The SMILES string of the molecule is C1CC1CNc1nc(C2CC2)no1. The van der Waals surface area contributed by atoms with Crippen LogP contribution in [0.2, 0.25) is 0 Å². The summed E-state index contributed by atoms with van der Waals surface area (Å²) < 4.78 is 5.07. The average Bonchev–Trinajstić information content (AvgIpc) is 3.03. The van der Waals surface area contributed by atoms with Crippen LogP contribution in [0.15, 0.2) is 4.52 Å². The molecule has 13 heavy (non-hydrogen) atoms. The molecule has 0 saturated heterocycles. The van der Waals surface area contributed by atoms with Gasteiger partial charge in [-0.2, -0.15) is 4.98 Å². The fraction of sp³-hybridized carbons (Fsp3) is 0.778. The van der Waals surface area contributed by atoms with Crippen molar-refractivity contribution < 1.29 is 4.52 Å². The molecule has 0 unspecified atom stereocenters. The molecule has 1 aromatic heterocycles. The molecule has 2 aliphatic carbocycles. The molecule has 2 saturated carbocycles. The van der Waals surface area contributed by atoms with E-state index < -0.39 is 0 Å². The summed E-state index contributed by atoms with van der Waals surface area (Å²) >= 11 is 0. The van der Waals surface area contributed by atoms with Gasteiger partial charge in [-0.3, -0.25) is 0 Å². The fourth-order valence-electron chi connectivity index (χ4n) is 1.37. The molecule has 4 nitrogen and oxygen atoms in total. The Bertz CT molecular complexity index is 302.